The molecule has 0 saturated heterocycles. The zero-order valence-electron chi connectivity index (χ0n) is 13.8. The molecule has 4 heteroatoms. The highest BCUT2D eigenvalue weighted by Gasteiger charge is 2.15. The van der Waals surface area contributed by atoms with Gasteiger partial charge in [-0.25, -0.2) is 0 Å². The molecule has 0 heterocycles. The minimum Gasteiger partial charge on any atom is -0.397 e. The molecule has 0 aromatic heterocycles. The van der Waals surface area contributed by atoms with Crippen LogP contribution < -0.4 is 22.9 Å². The van der Waals surface area contributed by atoms with E-state index in [4.69, 9.17) is 22.9 Å². The molecule has 0 spiro atoms. The van der Waals surface area contributed by atoms with Crippen LogP contribution in [0.25, 0.3) is 21.5 Å². The molecule has 0 unspecified atom stereocenters. The molecule has 0 aliphatic carbocycles. The molecule has 0 amide bonds. The van der Waals surface area contributed by atoms with Crippen LogP contribution in [0.3, 0.4) is 0 Å². The Balaban J connectivity index is 2.01. The fourth-order valence-electron chi connectivity index (χ4n) is 3.48. The highest BCUT2D eigenvalue weighted by atomic mass is 14.7. The summed E-state index contributed by atoms with van der Waals surface area (Å²) in [6, 6.07) is 20.0. The van der Waals surface area contributed by atoms with Gasteiger partial charge in [-0.1, -0.05) is 48.5 Å². The lowest BCUT2D eigenvalue weighted by atomic mass is 9.91. The van der Waals surface area contributed by atoms with E-state index < -0.39 is 0 Å². The number of nitrogens with two attached hydrogens (primary N) is 4. The summed E-state index contributed by atoms with van der Waals surface area (Å²) in [5.74, 6) is 0. The normalized spacial score (nSPS) is 11.2. The molecule has 0 bridgehead atoms. The Bertz CT molecular complexity index is 1030. The number of fused-ring (bicyclic) bond motifs is 2. The predicted octanol–water partition coefficient (Wildman–Crippen LogP) is 3.91. The SMILES string of the molecule is Nc1cc2ccccc2c(Cc2c(N)c(N)cc3ccccc23)c1N. The van der Waals surface area contributed by atoms with Crippen molar-refractivity contribution < 1.29 is 0 Å². The molecule has 4 aromatic rings. The van der Waals surface area contributed by atoms with E-state index in [-0.39, 0.29) is 0 Å². The first-order valence-electron chi connectivity index (χ1n) is 8.17. The Labute approximate surface area is 146 Å². The van der Waals surface area contributed by atoms with Crippen molar-refractivity contribution in [2.75, 3.05) is 22.9 Å². The summed E-state index contributed by atoms with van der Waals surface area (Å²) in [6.07, 6.45) is 0.578. The highest BCUT2D eigenvalue weighted by Crippen LogP contribution is 2.36. The van der Waals surface area contributed by atoms with E-state index >= 15 is 0 Å². The quantitative estimate of drug-likeness (QED) is 0.419. The minimum absolute atomic E-state index is 0.578. The van der Waals surface area contributed by atoms with Crippen molar-refractivity contribution in [3.63, 3.8) is 0 Å². The Morgan fingerprint density at radius 3 is 1.40 bits per heavy atom. The Morgan fingerprint density at radius 1 is 0.560 bits per heavy atom. The maximum absolute atomic E-state index is 6.33. The van der Waals surface area contributed by atoms with Crippen LogP contribution in [0.1, 0.15) is 11.1 Å². The van der Waals surface area contributed by atoms with Crippen molar-refractivity contribution in [1.29, 1.82) is 0 Å². The van der Waals surface area contributed by atoms with Crippen LogP contribution in [0.15, 0.2) is 60.7 Å². The molecule has 4 nitrogen and oxygen atoms in total. The summed E-state index contributed by atoms with van der Waals surface area (Å²) in [7, 11) is 0. The van der Waals surface area contributed by atoms with Gasteiger partial charge in [-0.15, -0.1) is 0 Å². The van der Waals surface area contributed by atoms with Crippen molar-refractivity contribution >= 4 is 44.3 Å². The van der Waals surface area contributed by atoms with Gasteiger partial charge in [0.1, 0.15) is 0 Å². The molecular weight excluding hydrogens is 308 g/mol. The zero-order chi connectivity index (χ0) is 17.6. The van der Waals surface area contributed by atoms with Gasteiger partial charge >= 0.3 is 0 Å². The van der Waals surface area contributed by atoms with E-state index in [0.29, 0.717) is 29.2 Å². The maximum Gasteiger partial charge on any atom is 0.0590 e. The van der Waals surface area contributed by atoms with E-state index in [1.54, 1.807) is 0 Å². The van der Waals surface area contributed by atoms with E-state index in [1.807, 2.05) is 48.5 Å². The second-order valence-electron chi connectivity index (χ2n) is 6.34. The molecule has 0 atom stereocenters. The van der Waals surface area contributed by atoms with Gasteiger partial charge in [0.15, 0.2) is 0 Å². The van der Waals surface area contributed by atoms with Crippen LogP contribution in [-0.4, -0.2) is 0 Å². The lowest BCUT2D eigenvalue weighted by Crippen LogP contribution is -2.06. The highest BCUT2D eigenvalue weighted by molar-refractivity contribution is 5.99. The first-order valence-corrected chi connectivity index (χ1v) is 8.17. The third kappa shape index (κ3) is 2.39. The molecule has 0 aliphatic heterocycles. The van der Waals surface area contributed by atoms with Gasteiger partial charge < -0.3 is 22.9 Å². The Hall–Kier alpha value is -3.40. The van der Waals surface area contributed by atoms with Gasteiger partial charge in [-0.2, -0.15) is 0 Å². The van der Waals surface area contributed by atoms with Gasteiger partial charge in [-0.05, 0) is 44.8 Å². The third-order valence-electron chi connectivity index (χ3n) is 4.82. The van der Waals surface area contributed by atoms with E-state index in [0.717, 1.165) is 32.7 Å². The smallest absolute Gasteiger partial charge is 0.0590 e. The first-order chi connectivity index (χ1) is 12.1. The molecule has 0 saturated carbocycles. The second-order valence-corrected chi connectivity index (χ2v) is 6.34. The summed E-state index contributed by atoms with van der Waals surface area (Å²) in [6.45, 7) is 0. The fraction of sp³-hybridized carbons (Fsp3) is 0.0476. The molecule has 0 aliphatic rings. The molecular formula is C21H20N4. The molecule has 4 aromatic carbocycles. The van der Waals surface area contributed by atoms with Crippen molar-refractivity contribution in [3.05, 3.63) is 71.8 Å². The predicted molar refractivity (Wildman–Crippen MR) is 108 cm³/mol. The van der Waals surface area contributed by atoms with Gasteiger partial charge in [0.2, 0.25) is 0 Å². The molecule has 4 rings (SSSR count). The Morgan fingerprint density at radius 2 is 0.960 bits per heavy atom. The van der Waals surface area contributed by atoms with Gasteiger partial charge in [0.25, 0.3) is 0 Å². The summed E-state index contributed by atoms with van der Waals surface area (Å²) in [5.41, 5.74) is 29.3. The molecule has 124 valence electrons. The van der Waals surface area contributed by atoms with Crippen LogP contribution in [0.4, 0.5) is 22.7 Å². The molecule has 25 heavy (non-hydrogen) atoms. The standard InChI is InChI=1S/C21H20N4/c22-18-9-12-5-1-3-7-14(12)16(20(18)24)11-17-15-8-4-2-6-13(15)10-19(23)21(17)25/h1-10H,11,22-25H2. The van der Waals surface area contributed by atoms with Gasteiger partial charge in [0, 0.05) is 6.42 Å². The Kier molecular flexibility index (Phi) is 3.39. The number of benzene rings is 4. The van der Waals surface area contributed by atoms with Gasteiger partial charge in [0.05, 0.1) is 22.7 Å². The molecule has 8 N–H and O–H groups in total. The van der Waals surface area contributed by atoms with Crippen LogP contribution in [0, 0.1) is 0 Å². The van der Waals surface area contributed by atoms with Crippen LogP contribution in [0.5, 0.6) is 0 Å². The van der Waals surface area contributed by atoms with Crippen molar-refractivity contribution in [2.45, 2.75) is 6.42 Å². The topological polar surface area (TPSA) is 104 Å². The van der Waals surface area contributed by atoms with Crippen molar-refractivity contribution in [2.24, 2.45) is 0 Å². The molecule has 0 fully saturated rings. The summed E-state index contributed by atoms with van der Waals surface area (Å²) in [5, 5.41) is 4.30. The van der Waals surface area contributed by atoms with E-state index in [1.165, 1.54) is 0 Å². The summed E-state index contributed by atoms with van der Waals surface area (Å²) >= 11 is 0. The third-order valence-corrected chi connectivity index (χ3v) is 4.82. The number of anilines is 4. The number of nitrogen functional groups attached to an aromatic ring is 4. The van der Waals surface area contributed by atoms with Crippen molar-refractivity contribution in [3.8, 4) is 0 Å². The van der Waals surface area contributed by atoms with Crippen LogP contribution >= 0.6 is 0 Å². The van der Waals surface area contributed by atoms with Crippen LogP contribution in [0.2, 0.25) is 0 Å². The van der Waals surface area contributed by atoms with Gasteiger partial charge in [-0.3, -0.25) is 0 Å². The van der Waals surface area contributed by atoms with Crippen molar-refractivity contribution in [1.82, 2.24) is 0 Å². The maximum atomic E-state index is 6.33. The monoisotopic (exact) mass is 328 g/mol. The minimum atomic E-state index is 0.578. The zero-order valence-corrected chi connectivity index (χ0v) is 13.8. The average Bonchev–Trinajstić information content (AvgIpc) is 2.62. The lowest BCUT2D eigenvalue weighted by Gasteiger charge is -2.17. The average molecular weight is 328 g/mol. The summed E-state index contributed by atoms with van der Waals surface area (Å²) < 4.78 is 0. The number of rotatable bonds is 2. The first kappa shape index (κ1) is 15.1. The van der Waals surface area contributed by atoms with E-state index in [2.05, 4.69) is 12.1 Å². The fourth-order valence-corrected chi connectivity index (χ4v) is 3.48. The molecule has 0 radical (unpaired) electrons. The summed E-state index contributed by atoms with van der Waals surface area (Å²) in [4.78, 5) is 0. The lowest BCUT2D eigenvalue weighted by molar-refractivity contribution is 1.25. The largest absolute Gasteiger partial charge is 0.397 e. The number of hydrogen-bond donors (Lipinski definition) is 4. The van der Waals surface area contributed by atoms with Crippen LogP contribution in [-0.2, 0) is 6.42 Å². The van der Waals surface area contributed by atoms with E-state index in [9.17, 15) is 0 Å². The second kappa shape index (κ2) is 5.60. The number of hydrogen-bond acceptors (Lipinski definition) is 4.